The number of hydrogen-bond donors (Lipinski definition) is 2. The number of nitrogens with one attached hydrogen (secondary N) is 1. The normalized spacial score (nSPS) is 23.2. The lowest BCUT2D eigenvalue weighted by Crippen LogP contribution is -2.36. The maximum atomic E-state index is 12.4. The highest BCUT2D eigenvalue weighted by molar-refractivity contribution is 7.89. The van der Waals surface area contributed by atoms with Crippen molar-refractivity contribution < 1.29 is 13.5 Å². The number of aliphatic hydroxyl groups is 1. The van der Waals surface area contributed by atoms with Gasteiger partial charge in [-0.2, -0.15) is 0 Å². The first-order valence-electron chi connectivity index (χ1n) is 6.46. The molecule has 1 aromatic rings. The van der Waals surface area contributed by atoms with Crippen LogP contribution in [0.5, 0.6) is 0 Å². The summed E-state index contributed by atoms with van der Waals surface area (Å²) in [5.74, 6) is 0.313. The third-order valence-corrected chi connectivity index (χ3v) is 6.04. The van der Waals surface area contributed by atoms with E-state index >= 15 is 0 Å². The highest BCUT2D eigenvalue weighted by Gasteiger charge is 2.29. The van der Waals surface area contributed by atoms with Crippen LogP contribution in [-0.4, -0.2) is 19.6 Å². The van der Waals surface area contributed by atoms with Gasteiger partial charge in [0.15, 0.2) is 0 Å². The smallest absolute Gasteiger partial charge is 0.242 e. The number of rotatable bonds is 4. The predicted molar refractivity (Wildman–Crippen MR) is 79.5 cm³/mol. The van der Waals surface area contributed by atoms with Gasteiger partial charge in [0.1, 0.15) is 4.90 Å². The molecule has 4 nitrogen and oxygen atoms in total. The molecule has 1 aliphatic rings. The number of aliphatic hydroxyl groups excluding tert-OH is 1. The predicted octanol–water partition coefficient (Wildman–Crippen LogP) is 2.95. The Morgan fingerprint density at radius 2 is 2.00 bits per heavy atom. The van der Waals surface area contributed by atoms with Crippen molar-refractivity contribution in [3.8, 4) is 0 Å². The van der Waals surface area contributed by atoms with E-state index in [1.54, 1.807) is 0 Å². The quantitative estimate of drug-likeness (QED) is 0.887. The second-order valence-electron chi connectivity index (χ2n) is 5.17. The molecule has 7 heteroatoms. The second kappa shape index (κ2) is 6.20. The summed E-state index contributed by atoms with van der Waals surface area (Å²) in [5.41, 5.74) is 0.343. The van der Waals surface area contributed by atoms with Crippen LogP contribution in [0.1, 0.15) is 31.7 Å². The summed E-state index contributed by atoms with van der Waals surface area (Å²) in [4.78, 5) is -0.0354. The van der Waals surface area contributed by atoms with Crippen LogP contribution in [0.4, 0.5) is 0 Å². The molecule has 0 aromatic heterocycles. The van der Waals surface area contributed by atoms with E-state index < -0.39 is 10.0 Å². The summed E-state index contributed by atoms with van der Waals surface area (Å²) in [7, 11) is -3.71. The molecule has 1 fully saturated rings. The van der Waals surface area contributed by atoms with E-state index in [4.69, 9.17) is 23.2 Å². The largest absolute Gasteiger partial charge is 0.392 e. The van der Waals surface area contributed by atoms with Gasteiger partial charge >= 0.3 is 0 Å². The van der Waals surface area contributed by atoms with E-state index in [-0.39, 0.29) is 27.6 Å². The van der Waals surface area contributed by atoms with E-state index in [2.05, 4.69) is 4.72 Å². The molecular weight excluding hydrogens is 321 g/mol. The fourth-order valence-electron chi connectivity index (χ4n) is 2.48. The Morgan fingerprint density at radius 1 is 1.30 bits per heavy atom. The van der Waals surface area contributed by atoms with Crippen molar-refractivity contribution in [3.05, 3.63) is 27.7 Å². The summed E-state index contributed by atoms with van der Waals surface area (Å²) in [6, 6.07) is 2.61. The first-order valence-corrected chi connectivity index (χ1v) is 8.70. The van der Waals surface area contributed by atoms with Crippen molar-refractivity contribution in [1.82, 2.24) is 4.72 Å². The molecule has 1 aromatic carbocycles. The molecule has 1 aliphatic carbocycles. The Kier molecular flexibility index (Phi) is 4.97. The minimum absolute atomic E-state index is 0.0354. The lowest BCUT2D eigenvalue weighted by molar-refractivity contribution is 0.281. The molecule has 0 saturated heterocycles. The molecule has 112 valence electrons. The van der Waals surface area contributed by atoms with Gasteiger partial charge in [-0.3, -0.25) is 0 Å². The molecule has 2 unspecified atom stereocenters. The first-order chi connectivity index (χ1) is 9.35. The molecule has 0 amide bonds. The Bertz CT molecular complexity index is 604. The number of benzene rings is 1. The van der Waals surface area contributed by atoms with Crippen LogP contribution in [0, 0.1) is 5.92 Å². The average Bonchev–Trinajstić information content (AvgIpc) is 2.74. The van der Waals surface area contributed by atoms with Crippen LogP contribution in [-0.2, 0) is 16.6 Å². The second-order valence-corrected chi connectivity index (χ2v) is 7.66. The molecule has 0 bridgehead atoms. The van der Waals surface area contributed by atoms with Crippen molar-refractivity contribution >= 4 is 33.2 Å². The molecule has 20 heavy (non-hydrogen) atoms. The Hall–Kier alpha value is -0.330. The summed E-state index contributed by atoms with van der Waals surface area (Å²) >= 11 is 11.9. The lowest BCUT2D eigenvalue weighted by Gasteiger charge is -2.18. The van der Waals surface area contributed by atoms with Gasteiger partial charge in [-0.1, -0.05) is 36.5 Å². The van der Waals surface area contributed by atoms with Gasteiger partial charge in [0.05, 0.1) is 11.6 Å². The molecule has 0 heterocycles. The van der Waals surface area contributed by atoms with Gasteiger partial charge in [0.2, 0.25) is 10.0 Å². The third kappa shape index (κ3) is 3.28. The number of halogens is 2. The zero-order valence-electron chi connectivity index (χ0n) is 11.1. The zero-order valence-corrected chi connectivity index (χ0v) is 13.4. The third-order valence-electron chi connectivity index (χ3n) is 3.73. The fourth-order valence-corrected chi connectivity index (χ4v) is 4.72. The molecule has 2 N–H and O–H groups in total. The van der Waals surface area contributed by atoms with Gasteiger partial charge < -0.3 is 5.11 Å². The van der Waals surface area contributed by atoms with Crippen LogP contribution in [0.15, 0.2) is 17.0 Å². The van der Waals surface area contributed by atoms with Crippen LogP contribution >= 0.6 is 23.2 Å². The van der Waals surface area contributed by atoms with E-state index in [9.17, 15) is 13.5 Å². The highest BCUT2D eigenvalue weighted by atomic mass is 35.5. The summed E-state index contributed by atoms with van der Waals surface area (Å²) in [6.07, 6.45) is 2.87. The average molecular weight is 338 g/mol. The monoisotopic (exact) mass is 337 g/mol. The molecule has 0 spiro atoms. The Labute approximate surface area is 129 Å². The van der Waals surface area contributed by atoms with Crippen molar-refractivity contribution in [2.24, 2.45) is 5.92 Å². The van der Waals surface area contributed by atoms with Crippen molar-refractivity contribution in [2.75, 3.05) is 0 Å². The minimum atomic E-state index is -3.71. The van der Waals surface area contributed by atoms with Crippen LogP contribution in [0.25, 0.3) is 0 Å². The lowest BCUT2D eigenvalue weighted by atomic mass is 10.1. The molecule has 2 rings (SSSR count). The minimum Gasteiger partial charge on any atom is -0.392 e. The van der Waals surface area contributed by atoms with Crippen LogP contribution < -0.4 is 4.72 Å². The molecule has 2 atom stereocenters. The van der Waals surface area contributed by atoms with Gasteiger partial charge in [-0.25, -0.2) is 13.1 Å². The van der Waals surface area contributed by atoms with E-state index in [0.29, 0.717) is 11.5 Å². The van der Waals surface area contributed by atoms with Gasteiger partial charge in [0, 0.05) is 11.1 Å². The van der Waals surface area contributed by atoms with Crippen LogP contribution in [0.3, 0.4) is 0 Å². The van der Waals surface area contributed by atoms with Crippen molar-refractivity contribution in [3.63, 3.8) is 0 Å². The fraction of sp³-hybridized carbons (Fsp3) is 0.538. The molecule has 0 aliphatic heterocycles. The van der Waals surface area contributed by atoms with Crippen molar-refractivity contribution in [1.29, 1.82) is 0 Å². The van der Waals surface area contributed by atoms with Gasteiger partial charge in [-0.15, -0.1) is 0 Å². The van der Waals surface area contributed by atoms with Gasteiger partial charge in [0.25, 0.3) is 0 Å². The number of hydrogen-bond acceptors (Lipinski definition) is 3. The molecule has 1 saturated carbocycles. The maximum absolute atomic E-state index is 12.4. The summed E-state index contributed by atoms with van der Waals surface area (Å²) < 4.78 is 27.5. The SMILES string of the molecule is CC1CCCC1NS(=O)(=O)c1cc(CO)c(Cl)cc1Cl. The van der Waals surface area contributed by atoms with E-state index in [0.717, 1.165) is 19.3 Å². The summed E-state index contributed by atoms with van der Waals surface area (Å²) in [6.45, 7) is 1.70. The summed E-state index contributed by atoms with van der Waals surface area (Å²) in [5, 5.41) is 9.50. The molecule has 0 radical (unpaired) electrons. The van der Waals surface area contributed by atoms with Gasteiger partial charge in [-0.05, 0) is 36.5 Å². The Morgan fingerprint density at radius 3 is 2.55 bits per heavy atom. The van der Waals surface area contributed by atoms with E-state index in [1.165, 1.54) is 12.1 Å². The zero-order chi connectivity index (χ0) is 14.9. The molecular formula is C13H17Cl2NO3S. The highest BCUT2D eigenvalue weighted by Crippen LogP contribution is 2.31. The van der Waals surface area contributed by atoms with Crippen molar-refractivity contribution in [2.45, 2.75) is 43.7 Å². The Balaban J connectivity index is 2.34. The topological polar surface area (TPSA) is 66.4 Å². The standard InChI is InChI=1S/C13H17Cl2NO3S/c1-8-3-2-4-12(8)16-20(18,19)13-5-9(7-17)10(14)6-11(13)15/h5-6,8,12,16-17H,2-4,7H2,1H3. The van der Waals surface area contributed by atoms with E-state index in [1.807, 2.05) is 6.92 Å². The maximum Gasteiger partial charge on any atom is 0.242 e. The van der Waals surface area contributed by atoms with Crippen LogP contribution in [0.2, 0.25) is 10.0 Å². The number of sulfonamides is 1. The first kappa shape index (κ1) is 16.0.